The fourth-order valence-electron chi connectivity index (χ4n) is 2.76. The highest BCUT2D eigenvalue weighted by molar-refractivity contribution is 5.92. The van der Waals surface area contributed by atoms with Gasteiger partial charge in [-0.3, -0.25) is 4.79 Å². The average molecular weight is 348 g/mol. The maximum atomic E-state index is 12.3. The molecule has 1 heterocycles. The van der Waals surface area contributed by atoms with Crippen LogP contribution in [0.25, 0.3) is 0 Å². The molecule has 5 nitrogen and oxygen atoms in total. The van der Waals surface area contributed by atoms with E-state index in [2.05, 4.69) is 10.5 Å². The van der Waals surface area contributed by atoms with Crippen molar-refractivity contribution in [3.63, 3.8) is 0 Å². The third-order valence-corrected chi connectivity index (χ3v) is 4.45. The first-order valence-corrected chi connectivity index (χ1v) is 8.79. The number of hydrogen-bond acceptors (Lipinski definition) is 4. The van der Waals surface area contributed by atoms with Gasteiger partial charge < -0.3 is 14.6 Å². The Hall–Kier alpha value is -3.08. The molecule has 1 amide bonds. The third kappa shape index (κ3) is 3.77. The van der Waals surface area contributed by atoms with E-state index in [0.717, 1.165) is 35.7 Å². The van der Waals surface area contributed by atoms with Gasteiger partial charge in [0.25, 0.3) is 5.91 Å². The van der Waals surface area contributed by atoms with Crippen molar-refractivity contribution in [3.05, 3.63) is 77.7 Å². The van der Waals surface area contributed by atoms with Gasteiger partial charge in [0.2, 0.25) is 0 Å². The van der Waals surface area contributed by atoms with Gasteiger partial charge in [-0.2, -0.15) is 0 Å². The molecule has 0 radical (unpaired) electrons. The Morgan fingerprint density at radius 1 is 1.12 bits per heavy atom. The van der Waals surface area contributed by atoms with Crippen molar-refractivity contribution in [2.24, 2.45) is 0 Å². The predicted octanol–water partition coefficient (Wildman–Crippen LogP) is 4.84. The molecule has 1 N–H and O–H groups in total. The highest BCUT2D eigenvalue weighted by Crippen LogP contribution is 2.40. The van der Waals surface area contributed by atoms with Crippen LogP contribution in [-0.2, 0) is 0 Å². The van der Waals surface area contributed by atoms with Crippen molar-refractivity contribution in [1.82, 2.24) is 10.5 Å². The van der Waals surface area contributed by atoms with E-state index in [1.54, 1.807) is 6.07 Å². The minimum atomic E-state index is -0.224. The number of aromatic nitrogens is 1. The molecule has 3 aromatic rings. The Labute approximate surface area is 152 Å². The minimum absolute atomic E-state index is 0.144. The average Bonchev–Trinajstić information content (AvgIpc) is 3.39. The lowest BCUT2D eigenvalue weighted by Crippen LogP contribution is -2.26. The van der Waals surface area contributed by atoms with Gasteiger partial charge in [-0.25, -0.2) is 0 Å². The number of benzene rings is 2. The molecule has 1 saturated carbocycles. The second-order valence-corrected chi connectivity index (χ2v) is 6.57. The quantitative estimate of drug-likeness (QED) is 0.692. The maximum Gasteiger partial charge on any atom is 0.273 e. The summed E-state index contributed by atoms with van der Waals surface area (Å²) in [5.41, 5.74) is 1.33. The lowest BCUT2D eigenvalue weighted by Gasteiger charge is -2.14. The van der Waals surface area contributed by atoms with E-state index >= 15 is 0 Å². The first kappa shape index (κ1) is 16.4. The molecule has 26 heavy (non-hydrogen) atoms. The molecule has 1 unspecified atom stereocenters. The Morgan fingerprint density at radius 2 is 1.81 bits per heavy atom. The number of ether oxygens (including phenoxy) is 1. The van der Waals surface area contributed by atoms with Crippen LogP contribution in [0, 0.1) is 0 Å². The Bertz CT molecular complexity index is 883. The number of hydrogen-bond donors (Lipinski definition) is 1. The second-order valence-electron chi connectivity index (χ2n) is 6.57. The summed E-state index contributed by atoms with van der Waals surface area (Å²) in [6, 6.07) is 18.9. The molecule has 0 aliphatic heterocycles. The number of carbonyl (C=O) groups is 1. The van der Waals surface area contributed by atoms with Crippen molar-refractivity contribution in [2.45, 2.75) is 31.7 Å². The van der Waals surface area contributed by atoms with E-state index in [9.17, 15) is 4.79 Å². The molecule has 4 rings (SSSR count). The van der Waals surface area contributed by atoms with Gasteiger partial charge in [-0.1, -0.05) is 35.5 Å². The first-order valence-electron chi connectivity index (χ1n) is 8.79. The van der Waals surface area contributed by atoms with Gasteiger partial charge >= 0.3 is 0 Å². The van der Waals surface area contributed by atoms with Crippen LogP contribution in [-0.4, -0.2) is 11.1 Å². The normalized spacial score (nSPS) is 14.7. The predicted molar refractivity (Wildman–Crippen MR) is 97.3 cm³/mol. The van der Waals surface area contributed by atoms with Crippen molar-refractivity contribution in [3.8, 4) is 11.5 Å². The number of rotatable bonds is 6. The van der Waals surface area contributed by atoms with E-state index < -0.39 is 0 Å². The monoisotopic (exact) mass is 348 g/mol. The second kappa shape index (κ2) is 7.04. The zero-order valence-electron chi connectivity index (χ0n) is 14.5. The molecule has 0 bridgehead atoms. The topological polar surface area (TPSA) is 64.4 Å². The van der Waals surface area contributed by atoms with Crippen LogP contribution in [0.15, 0.2) is 65.2 Å². The molecule has 1 atom stereocenters. The molecule has 0 saturated heterocycles. The summed E-state index contributed by atoms with van der Waals surface area (Å²) in [4.78, 5) is 12.3. The summed E-state index contributed by atoms with van der Waals surface area (Å²) in [5.74, 6) is 2.57. The van der Waals surface area contributed by atoms with Crippen LogP contribution in [0.3, 0.4) is 0 Å². The molecular weight excluding hydrogens is 328 g/mol. The summed E-state index contributed by atoms with van der Waals surface area (Å²) < 4.78 is 11.0. The first-order chi connectivity index (χ1) is 12.7. The Morgan fingerprint density at radius 3 is 2.50 bits per heavy atom. The molecular formula is C21H20N2O3. The Kier molecular flexibility index (Phi) is 4.44. The van der Waals surface area contributed by atoms with Crippen molar-refractivity contribution < 1.29 is 14.1 Å². The molecule has 2 aromatic carbocycles. The fourth-order valence-corrected chi connectivity index (χ4v) is 2.76. The van der Waals surface area contributed by atoms with Crippen LogP contribution < -0.4 is 10.1 Å². The molecule has 1 aliphatic rings. The zero-order chi connectivity index (χ0) is 17.9. The molecule has 132 valence electrons. The third-order valence-electron chi connectivity index (χ3n) is 4.45. The van der Waals surface area contributed by atoms with Crippen molar-refractivity contribution in [2.75, 3.05) is 0 Å². The molecule has 5 heteroatoms. The largest absolute Gasteiger partial charge is 0.457 e. The van der Waals surface area contributed by atoms with Gasteiger partial charge in [0.15, 0.2) is 5.69 Å². The maximum absolute atomic E-state index is 12.3. The Balaban J connectivity index is 1.37. The fraction of sp³-hybridized carbons (Fsp3) is 0.238. The number of para-hydroxylation sites is 1. The number of nitrogens with zero attached hydrogens (tertiary/aromatic N) is 1. The smallest absolute Gasteiger partial charge is 0.273 e. The van der Waals surface area contributed by atoms with Crippen LogP contribution in [0.4, 0.5) is 0 Å². The zero-order valence-corrected chi connectivity index (χ0v) is 14.5. The van der Waals surface area contributed by atoms with Crippen LogP contribution in [0.1, 0.15) is 53.5 Å². The number of carbonyl (C=O) groups excluding carboxylic acids is 1. The highest BCUT2D eigenvalue weighted by atomic mass is 16.5. The van der Waals surface area contributed by atoms with Gasteiger partial charge in [0.05, 0.1) is 6.04 Å². The van der Waals surface area contributed by atoms with Crippen LogP contribution in [0.2, 0.25) is 0 Å². The summed E-state index contributed by atoms with van der Waals surface area (Å²) in [6.07, 6.45) is 2.23. The van der Waals surface area contributed by atoms with E-state index in [-0.39, 0.29) is 11.9 Å². The summed E-state index contributed by atoms with van der Waals surface area (Å²) >= 11 is 0. The van der Waals surface area contributed by atoms with Crippen LogP contribution >= 0.6 is 0 Å². The van der Waals surface area contributed by atoms with Crippen molar-refractivity contribution >= 4 is 5.91 Å². The van der Waals surface area contributed by atoms with Crippen molar-refractivity contribution in [1.29, 1.82) is 0 Å². The lowest BCUT2D eigenvalue weighted by atomic mass is 10.1. The molecule has 1 fully saturated rings. The standard InChI is InChI=1S/C21H20N2O3/c1-14(22-21(24)19-13-20(26-23-19)16-7-8-16)15-9-11-18(12-10-15)25-17-5-3-2-4-6-17/h2-6,9-14,16H,7-8H2,1H3,(H,22,24). The SMILES string of the molecule is CC(NC(=O)c1cc(C2CC2)on1)c1ccc(Oc2ccccc2)cc1. The van der Waals surface area contributed by atoms with E-state index in [0.29, 0.717) is 11.6 Å². The molecule has 0 spiro atoms. The van der Waals surface area contributed by atoms with Crippen LogP contribution in [0.5, 0.6) is 11.5 Å². The van der Waals surface area contributed by atoms with Gasteiger partial charge in [0, 0.05) is 12.0 Å². The summed E-state index contributed by atoms with van der Waals surface area (Å²) in [6.45, 7) is 1.94. The summed E-state index contributed by atoms with van der Waals surface area (Å²) in [7, 11) is 0. The number of nitrogens with one attached hydrogen (secondary N) is 1. The van der Waals surface area contributed by atoms with E-state index in [1.807, 2.05) is 61.5 Å². The van der Waals surface area contributed by atoms with E-state index in [1.165, 1.54) is 0 Å². The minimum Gasteiger partial charge on any atom is -0.457 e. The van der Waals surface area contributed by atoms with Gasteiger partial charge in [0.1, 0.15) is 17.3 Å². The molecule has 1 aromatic heterocycles. The highest BCUT2D eigenvalue weighted by Gasteiger charge is 2.29. The summed E-state index contributed by atoms with van der Waals surface area (Å²) in [5, 5.41) is 6.83. The van der Waals surface area contributed by atoms with E-state index in [4.69, 9.17) is 9.26 Å². The number of amides is 1. The lowest BCUT2D eigenvalue weighted by molar-refractivity contribution is 0.0930. The van der Waals surface area contributed by atoms with Gasteiger partial charge in [-0.05, 0) is 49.6 Å². The molecule has 1 aliphatic carbocycles. The van der Waals surface area contributed by atoms with Gasteiger partial charge in [-0.15, -0.1) is 0 Å².